The molecule has 1 aliphatic heterocycles. The number of nitrogens with zero attached hydrogens (tertiary/aromatic N) is 1. The normalized spacial score (nSPS) is 14.7. The Morgan fingerprint density at radius 3 is 2.87 bits per heavy atom. The van der Waals surface area contributed by atoms with E-state index in [0.717, 1.165) is 37.2 Å². The SMILES string of the molecule is Cc1cc(=O)c(C(N)=O)c2n1CCCC2. The fourth-order valence-corrected chi connectivity index (χ4v) is 2.23. The third kappa shape index (κ3) is 1.56. The zero-order valence-electron chi connectivity index (χ0n) is 8.75. The van der Waals surface area contributed by atoms with Crippen molar-refractivity contribution in [1.82, 2.24) is 4.57 Å². The third-order valence-corrected chi connectivity index (χ3v) is 2.92. The second-order valence-electron chi connectivity index (χ2n) is 3.94. The number of aromatic nitrogens is 1. The average molecular weight is 206 g/mol. The van der Waals surface area contributed by atoms with Crippen molar-refractivity contribution in [3.63, 3.8) is 0 Å². The fraction of sp³-hybridized carbons (Fsp3) is 0.455. The van der Waals surface area contributed by atoms with Crippen LogP contribution in [-0.4, -0.2) is 10.5 Å². The summed E-state index contributed by atoms with van der Waals surface area (Å²) in [5.41, 5.74) is 6.91. The first-order valence-electron chi connectivity index (χ1n) is 5.14. The smallest absolute Gasteiger partial charge is 0.254 e. The molecule has 1 amide bonds. The highest BCUT2D eigenvalue weighted by molar-refractivity contribution is 5.93. The standard InChI is InChI=1S/C11H14N2O2/c1-7-6-9(14)10(11(12)15)8-4-2-3-5-13(7)8/h6H,2-5H2,1H3,(H2,12,15). The molecule has 0 atom stereocenters. The molecule has 1 aromatic rings. The summed E-state index contributed by atoms with van der Waals surface area (Å²) in [6, 6.07) is 1.49. The van der Waals surface area contributed by atoms with E-state index in [0.29, 0.717) is 0 Å². The van der Waals surface area contributed by atoms with Crippen LogP contribution in [0.15, 0.2) is 10.9 Å². The van der Waals surface area contributed by atoms with E-state index in [1.54, 1.807) is 0 Å². The molecule has 0 aromatic carbocycles. The lowest BCUT2D eigenvalue weighted by Gasteiger charge is -2.23. The monoisotopic (exact) mass is 206 g/mol. The minimum atomic E-state index is -0.606. The van der Waals surface area contributed by atoms with E-state index in [-0.39, 0.29) is 11.0 Å². The van der Waals surface area contributed by atoms with Gasteiger partial charge in [0.25, 0.3) is 5.91 Å². The van der Waals surface area contributed by atoms with Gasteiger partial charge in [-0.05, 0) is 26.2 Å². The number of hydrogen-bond donors (Lipinski definition) is 1. The summed E-state index contributed by atoms with van der Waals surface area (Å²) in [6.07, 6.45) is 2.88. The first-order valence-corrected chi connectivity index (χ1v) is 5.14. The number of fused-ring (bicyclic) bond motifs is 1. The van der Waals surface area contributed by atoms with Crippen molar-refractivity contribution in [1.29, 1.82) is 0 Å². The molecule has 0 fully saturated rings. The van der Waals surface area contributed by atoms with Crippen LogP contribution in [0.5, 0.6) is 0 Å². The van der Waals surface area contributed by atoms with E-state index in [1.165, 1.54) is 6.07 Å². The largest absolute Gasteiger partial charge is 0.365 e. The van der Waals surface area contributed by atoms with Crippen LogP contribution in [0.3, 0.4) is 0 Å². The van der Waals surface area contributed by atoms with E-state index < -0.39 is 5.91 Å². The van der Waals surface area contributed by atoms with Gasteiger partial charge in [0.1, 0.15) is 5.56 Å². The number of rotatable bonds is 1. The zero-order chi connectivity index (χ0) is 11.0. The second-order valence-corrected chi connectivity index (χ2v) is 3.94. The average Bonchev–Trinajstić information content (AvgIpc) is 2.17. The van der Waals surface area contributed by atoms with Crippen molar-refractivity contribution in [2.75, 3.05) is 0 Å². The molecule has 1 aromatic heterocycles. The molecule has 4 heteroatoms. The van der Waals surface area contributed by atoms with E-state index in [4.69, 9.17) is 5.73 Å². The summed E-state index contributed by atoms with van der Waals surface area (Å²) in [4.78, 5) is 22.9. The molecule has 2 rings (SSSR count). The Hall–Kier alpha value is -1.58. The van der Waals surface area contributed by atoms with Gasteiger partial charge in [-0.2, -0.15) is 0 Å². The predicted molar refractivity (Wildman–Crippen MR) is 56.9 cm³/mol. The molecule has 2 N–H and O–H groups in total. The van der Waals surface area contributed by atoms with Crippen LogP contribution in [0.4, 0.5) is 0 Å². The van der Waals surface area contributed by atoms with Crippen LogP contribution in [0.2, 0.25) is 0 Å². The van der Waals surface area contributed by atoms with Crippen molar-refractivity contribution in [2.45, 2.75) is 32.7 Å². The molecule has 2 heterocycles. The Morgan fingerprint density at radius 1 is 1.47 bits per heavy atom. The van der Waals surface area contributed by atoms with E-state index in [1.807, 2.05) is 11.5 Å². The minimum absolute atomic E-state index is 0.181. The van der Waals surface area contributed by atoms with E-state index in [9.17, 15) is 9.59 Å². The summed E-state index contributed by atoms with van der Waals surface area (Å²) in [5, 5.41) is 0. The van der Waals surface area contributed by atoms with Crippen LogP contribution in [0, 0.1) is 6.92 Å². The highest BCUT2D eigenvalue weighted by Crippen LogP contribution is 2.18. The lowest BCUT2D eigenvalue weighted by atomic mass is 10.0. The lowest BCUT2D eigenvalue weighted by molar-refractivity contribution is 0.0997. The van der Waals surface area contributed by atoms with E-state index >= 15 is 0 Å². The Kier molecular flexibility index (Phi) is 2.34. The maximum atomic E-state index is 11.6. The first-order chi connectivity index (χ1) is 7.11. The van der Waals surface area contributed by atoms with Crippen LogP contribution < -0.4 is 11.2 Å². The van der Waals surface area contributed by atoms with Gasteiger partial charge in [0.15, 0.2) is 5.43 Å². The molecule has 0 unspecified atom stereocenters. The zero-order valence-corrected chi connectivity index (χ0v) is 8.75. The van der Waals surface area contributed by atoms with Gasteiger partial charge in [-0.15, -0.1) is 0 Å². The van der Waals surface area contributed by atoms with Crippen LogP contribution >= 0.6 is 0 Å². The molecule has 0 radical (unpaired) electrons. The van der Waals surface area contributed by atoms with Gasteiger partial charge in [-0.25, -0.2) is 0 Å². The number of pyridine rings is 1. The highest BCUT2D eigenvalue weighted by Gasteiger charge is 2.19. The number of aryl methyl sites for hydroxylation is 1. The van der Waals surface area contributed by atoms with Crippen LogP contribution in [0.1, 0.15) is 34.6 Å². The van der Waals surface area contributed by atoms with Gasteiger partial charge >= 0.3 is 0 Å². The molecule has 1 aliphatic rings. The van der Waals surface area contributed by atoms with Gasteiger partial charge < -0.3 is 10.3 Å². The molecule has 15 heavy (non-hydrogen) atoms. The summed E-state index contributed by atoms with van der Waals surface area (Å²) in [5.74, 6) is -0.606. The molecular weight excluding hydrogens is 192 g/mol. The predicted octanol–water partition coefficient (Wildman–Crippen LogP) is 0.592. The maximum absolute atomic E-state index is 11.6. The summed E-state index contributed by atoms with van der Waals surface area (Å²) < 4.78 is 2.03. The number of amides is 1. The Bertz CT molecular complexity index is 474. The molecule has 0 saturated heterocycles. The summed E-state index contributed by atoms with van der Waals surface area (Å²) >= 11 is 0. The number of carbonyl (C=O) groups excluding carboxylic acids is 1. The molecule has 0 bridgehead atoms. The van der Waals surface area contributed by atoms with Crippen LogP contribution in [0.25, 0.3) is 0 Å². The van der Waals surface area contributed by atoms with Crippen molar-refractivity contribution in [3.05, 3.63) is 33.2 Å². The number of nitrogens with two attached hydrogens (primary N) is 1. The molecule has 0 spiro atoms. The van der Waals surface area contributed by atoms with Crippen molar-refractivity contribution < 1.29 is 4.79 Å². The number of carbonyl (C=O) groups is 1. The molecule has 0 saturated carbocycles. The van der Waals surface area contributed by atoms with E-state index in [2.05, 4.69) is 0 Å². The number of hydrogen-bond acceptors (Lipinski definition) is 2. The summed E-state index contributed by atoms with van der Waals surface area (Å²) in [7, 11) is 0. The molecule has 80 valence electrons. The van der Waals surface area contributed by atoms with Gasteiger partial charge in [0.05, 0.1) is 0 Å². The van der Waals surface area contributed by atoms with Crippen molar-refractivity contribution >= 4 is 5.91 Å². The second kappa shape index (κ2) is 3.53. The Labute approximate surface area is 87.7 Å². The first kappa shape index (κ1) is 9.96. The highest BCUT2D eigenvalue weighted by atomic mass is 16.2. The molecule has 4 nitrogen and oxygen atoms in total. The van der Waals surface area contributed by atoms with Gasteiger partial charge in [0.2, 0.25) is 0 Å². The Morgan fingerprint density at radius 2 is 2.20 bits per heavy atom. The minimum Gasteiger partial charge on any atom is -0.365 e. The van der Waals surface area contributed by atoms with Crippen molar-refractivity contribution in [3.8, 4) is 0 Å². The lowest BCUT2D eigenvalue weighted by Crippen LogP contribution is -2.30. The van der Waals surface area contributed by atoms with Gasteiger partial charge in [-0.3, -0.25) is 9.59 Å². The maximum Gasteiger partial charge on any atom is 0.254 e. The third-order valence-electron chi connectivity index (χ3n) is 2.92. The molecule has 0 aliphatic carbocycles. The number of primary amides is 1. The Balaban J connectivity index is 2.74. The van der Waals surface area contributed by atoms with Crippen molar-refractivity contribution in [2.24, 2.45) is 5.73 Å². The van der Waals surface area contributed by atoms with Gasteiger partial charge in [0, 0.05) is 24.0 Å². The van der Waals surface area contributed by atoms with Crippen LogP contribution in [-0.2, 0) is 13.0 Å². The summed E-state index contributed by atoms with van der Waals surface area (Å²) in [6.45, 7) is 2.77. The topological polar surface area (TPSA) is 65.1 Å². The fourth-order valence-electron chi connectivity index (χ4n) is 2.23. The van der Waals surface area contributed by atoms with Gasteiger partial charge in [-0.1, -0.05) is 0 Å². The molecular formula is C11H14N2O2. The quantitative estimate of drug-likeness (QED) is 0.731.